The van der Waals surface area contributed by atoms with Crippen molar-refractivity contribution in [3.63, 3.8) is 0 Å². The van der Waals surface area contributed by atoms with Crippen LogP contribution in [0.1, 0.15) is 44.7 Å². The third kappa shape index (κ3) is 6.23. The summed E-state index contributed by atoms with van der Waals surface area (Å²) in [6.45, 7) is 5.72. The van der Waals surface area contributed by atoms with Crippen LogP contribution in [0.15, 0.2) is 30.5 Å². The number of nitrogens with one attached hydrogen (secondary N) is 1. The standard InChI is InChI=1S/C25H27ClFN7O4/c1-25(2,3)38-24(37)33(13-15-7-17(26)9-18(27)8-15)21-10-20(31-22-16(11-28)12-29-34(21)22)30-19-5-4-6-32(14-19)23(35)36/h7-10,12,19H,4-6,13-14H2,1-3H3,(H,30,31)(H,35,36). The van der Waals surface area contributed by atoms with Gasteiger partial charge in [-0.15, -0.1) is 0 Å². The average Bonchev–Trinajstić information content (AvgIpc) is 3.23. The number of hydrogen-bond acceptors (Lipinski definition) is 7. The van der Waals surface area contributed by atoms with Crippen LogP contribution in [-0.2, 0) is 11.3 Å². The van der Waals surface area contributed by atoms with Gasteiger partial charge in [-0.2, -0.15) is 14.9 Å². The molecule has 0 aliphatic carbocycles. The van der Waals surface area contributed by atoms with E-state index in [1.807, 2.05) is 6.07 Å². The van der Waals surface area contributed by atoms with Crippen LogP contribution in [0.4, 0.5) is 25.6 Å². The molecule has 0 spiro atoms. The summed E-state index contributed by atoms with van der Waals surface area (Å²) in [5, 5.41) is 26.7. The molecule has 0 bridgehead atoms. The number of amides is 2. The first-order valence-electron chi connectivity index (χ1n) is 11.9. The molecule has 2 N–H and O–H groups in total. The number of anilines is 2. The molecule has 1 unspecified atom stereocenters. The quantitative estimate of drug-likeness (QED) is 0.464. The lowest BCUT2D eigenvalue weighted by Crippen LogP contribution is -2.44. The molecule has 200 valence electrons. The highest BCUT2D eigenvalue weighted by molar-refractivity contribution is 6.30. The molecule has 1 aliphatic rings. The topological polar surface area (TPSA) is 136 Å². The summed E-state index contributed by atoms with van der Waals surface area (Å²) in [6, 6.07) is 7.31. The molecular formula is C25H27ClFN7O4. The summed E-state index contributed by atoms with van der Waals surface area (Å²) in [6.07, 6.45) is 0.954. The van der Waals surface area contributed by atoms with Crippen LogP contribution < -0.4 is 10.2 Å². The van der Waals surface area contributed by atoms with Crippen molar-refractivity contribution in [1.82, 2.24) is 19.5 Å². The van der Waals surface area contributed by atoms with E-state index in [1.54, 1.807) is 26.8 Å². The Balaban J connectivity index is 1.79. The number of benzene rings is 1. The lowest BCUT2D eigenvalue weighted by molar-refractivity contribution is 0.0575. The number of halogens is 2. The highest BCUT2D eigenvalue weighted by Gasteiger charge is 2.29. The molecule has 1 atom stereocenters. The number of fused-ring (bicyclic) bond motifs is 1. The molecule has 3 heterocycles. The molecule has 11 nitrogen and oxygen atoms in total. The fraction of sp³-hybridized carbons (Fsp3) is 0.400. The van der Waals surface area contributed by atoms with E-state index in [4.69, 9.17) is 16.3 Å². The Morgan fingerprint density at radius 1 is 1.34 bits per heavy atom. The van der Waals surface area contributed by atoms with E-state index in [9.17, 15) is 24.3 Å². The first-order valence-corrected chi connectivity index (χ1v) is 12.3. The number of carbonyl (C=O) groups excluding carboxylic acids is 1. The third-order valence-corrected chi connectivity index (χ3v) is 5.99. The smallest absolute Gasteiger partial charge is 0.416 e. The van der Waals surface area contributed by atoms with Crippen LogP contribution in [0.2, 0.25) is 5.02 Å². The van der Waals surface area contributed by atoms with Gasteiger partial charge >= 0.3 is 12.2 Å². The molecule has 38 heavy (non-hydrogen) atoms. The number of likely N-dealkylation sites (tertiary alicyclic amines) is 1. The minimum atomic E-state index is -1.01. The van der Waals surface area contributed by atoms with E-state index in [1.165, 1.54) is 32.6 Å². The number of ether oxygens (including phenoxy) is 1. The van der Waals surface area contributed by atoms with E-state index in [2.05, 4.69) is 15.4 Å². The molecule has 3 aromatic rings. The lowest BCUT2D eigenvalue weighted by atomic mass is 10.1. The van der Waals surface area contributed by atoms with Crippen molar-refractivity contribution < 1.29 is 23.8 Å². The van der Waals surface area contributed by atoms with Gasteiger partial charge in [-0.3, -0.25) is 4.90 Å². The second-order valence-corrected chi connectivity index (χ2v) is 10.4. The van der Waals surface area contributed by atoms with Gasteiger partial charge in [0, 0.05) is 30.2 Å². The number of nitrogens with zero attached hydrogens (tertiary/aromatic N) is 6. The Morgan fingerprint density at radius 3 is 2.76 bits per heavy atom. The van der Waals surface area contributed by atoms with Gasteiger partial charge in [0.1, 0.15) is 34.7 Å². The van der Waals surface area contributed by atoms with Crippen molar-refractivity contribution >= 4 is 41.1 Å². The highest BCUT2D eigenvalue weighted by atomic mass is 35.5. The van der Waals surface area contributed by atoms with Gasteiger partial charge in [0.05, 0.1) is 12.7 Å². The summed E-state index contributed by atoms with van der Waals surface area (Å²) in [7, 11) is 0. The molecule has 1 saturated heterocycles. The summed E-state index contributed by atoms with van der Waals surface area (Å²) in [5.74, 6) is -0.0443. The number of nitriles is 1. The molecule has 2 aromatic heterocycles. The van der Waals surface area contributed by atoms with Gasteiger partial charge in [-0.1, -0.05) is 11.6 Å². The van der Waals surface area contributed by atoms with E-state index in [-0.39, 0.29) is 41.2 Å². The van der Waals surface area contributed by atoms with Gasteiger partial charge in [-0.05, 0) is 57.4 Å². The zero-order chi connectivity index (χ0) is 27.6. The van der Waals surface area contributed by atoms with Gasteiger partial charge < -0.3 is 20.1 Å². The highest BCUT2D eigenvalue weighted by Crippen LogP contribution is 2.28. The van der Waals surface area contributed by atoms with Crippen LogP contribution >= 0.6 is 11.6 Å². The van der Waals surface area contributed by atoms with Crippen molar-refractivity contribution in [2.75, 3.05) is 23.3 Å². The summed E-state index contributed by atoms with van der Waals surface area (Å²) in [5.41, 5.74) is -0.0859. The summed E-state index contributed by atoms with van der Waals surface area (Å²) >= 11 is 6.06. The number of carbonyl (C=O) groups is 2. The van der Waals surface area contributed by atoms with Crippen molar-refractivity contribution in [3.8, 4) is 6.07 Å². The molecular weight excluding hydrogens is 517 g/mol. The van der Waals surface area contributed by atoms with Gasteiger partial charge in [0.25, 0.3) is 0 Å². The number of aromatic nitrogens is 3. The zero-order valence-electron chi connectivity index (χ0n) is 21.1. The van der Waals surface area contributed by atoms with E-state index < -0.39 is 23.6 Å². The molecule has 0 radical (unpaired) electrons. The number of hydrogen-bond donors (Lipinski definition) is 2. The molecule has 13 heteroatoms. The monoisotopic (exact) mass is 543 g/mol. The predicted molar refractivity (Wildman–Crippen MR) is 138 cm³/mol. The number of piperidine rings is 1. The molecule has 1 aromatic carbocycles. The molecule has 1 fully saturated rings. The zero-order valence-corrected chi connectivity index (χ0v) is 21.9. The molecule has 2 amide bonds. The Bertz CT molecular complexity index is 1390. The first kappa shape index (κ1) is 26.9. The first-order chi connectivity index (χ1) is 17.9. The molecule has 4 rings (SSSR count). The van der Waals surface area contributed by atoms with Crippen molar-refractivity contribution in [3.05, 3.63) is 52.4 Å². The van der Waals surface area contributed by atoms with Crippen molar-refractivity contribution in [2.45, 2.75) is 51.8 Å². The second kappa shape index (κ2) is 10.7. The van der Waals surface area contributed by atoms with E-state index >= 15 is 0 Å². The minimum absolute atomic E-state index is 0.122. The summed E-state index contributed by atoms with van der Waals surface area (Å²) < 4.78 is 21.1. The molecule has 0 saturated carbocycles. The third-order valence-electron chi connectivity index (χ3n) is 5.77. The van der Waals surface area contributed by atoms with E-state index in [0.29, 0.717) is 30.8 Å². The molecule has 1 aliphatic heterocycles. The predicted octanol–water partition coefficient (Wildman–Crippen LogP) is 4.89. The number of carboxylic acid groups (broad SMARTS) is 1. The van der Waals surface area contributed by atoms with Gasteiger partial charge in [-0.25, -0.2) is 19.0 Å². The maximum atomic E-state index is 14.1. The Hall–Kier alpha value is -4.11. The largest absolute Gasteiger partial charge is 0.465 e. The fourth-order valence-electron chi connectivity index (χ4n) is 4.21. The maximum absolute atomic E-state index is 14.1. The fourth-order valence-corrected chi connectivity index (χ4v) is 4.46. The Labute approximate surface area is 223 Å². The normalized spacial score (nSPS) is 15.7. The van der Waals surface area contributed by atoms with Crippen molar-refractivity contribution in [2.24, 2.45) is 0 Å². The SMILES string of the molecule is CC(C)(C)OC(=O)N(Cc1cc(F)cc(Cl)c1)c1cc(NC2CCCN(C(=O)O)C2)nc2c(C#N)cnn12. The Kier molecular flexibility index (Phi) is 7.59. The Morgan fingerprint density at radius 2 is 2.11 bits per heavy atom. The maximum Gasteiger partial charge on any atom is 0.416 e. The second-order valence-electron chi connectivity index (χ2n) is 9.96. The number of rotatable bonds is 5. The summed E-state index contributed by atoms with van der Waals surface area (Å²) in [4.78, 5) is 32.0. The van der Waals surface area contributed by atoms with E-state index in [0.717, 1.165) is 6.07 Å². The van der Waals surface area contributed by atoms with Crippen LogP contribution in [0, 0.1) is 17.1 Å². The minimum Gasteiger partial charge on any atom is -0.465 e. The van der Waals surface area contributed by atoms with Crippen molar-refractivity contribution in [1.29, 1.82) is 5.26 Å². The van der Waals surface area contributed by atoms with Gasteiger partial charge in [0.2, 0.25) is 0 Å². The lowest BCUT2D eigenvalue weighted by Gasteiger charge is -2.32. The van der Waals surface area contributed by atoms with Gasteiger partial charge in [0.15, 0.2) is 5.65 Å². The van der Waals surface area contributed by atoms with Crippen LogP contribution in [-0.4, -0.2) is 61.5 Å². The van der Waals surface area contributed by atoms with Crippen LogP contribution in [0.3, 0.4) is 0 Å². The van der Waals surface area contributed by atoms with Crippen LogP contribution in [0.5, 0.6) is 0 Å². The average molecular weight is 544 g/mol. The van der Waals surface area contributed by atoms with Crippen LogP contribution in [0.25, 0.3) is 5.65 Å².